The summed E-state index contributed by atoms with van der Waals surface area (Å²) in [7, 11) is -3.29. The Morgan fingerprint density at radius 3 is 2.48 bits per heavy atom. The Hall–Kier alpha value is -2.65. The lowest BCUT2D eigenvalue weighted by molar-refractivity contribution is -0.120. The molecule has 0 spiro atoms. The highest BCUT2D eigenvalue weighted by Gasteiger charge is 2.27. The van der Waals surface area contributed by atoms with Gasteiger partial charge in [-0.1, -0.05) is 49.2 Å². The Morgan fingerprint density at radius 2 is 1.85 bits per heavy atom. The number of thiazole rings is 1. The van der Waals surface area contributed by atoms with Crippen molar-refractivity contribution in [1.29, 1.82) is 0 Å². The molecule has 2 heterocycles. The van der Waals surface area contributed by atoms with Gasteiger partial charge in [-0.3, -0.25) is 4.79 Å². The van der Waals surface area contributed by atoms with E-state index >= 15 is 0 Å². The van der Waals surface area contributed by atoms with Gasteiger partial charge in [-0.05, 0) is 42.2 Å². The average molecular weight is 489 g/mol. The van der Waals surface area contributed by atoms with Crippen molar-refractivity contribution in [1.82, 2.24) is 9.97 Å². The topological polar surface area (TPSA) is 86.2 Å². The predicted octanol–water partition coefficient (Wildman–Crippen LogP) is 5.35. The Labute approximate surface area is 196 Å². The van der Waals surface area contributed by atoms with Crippen molar-refractivity contribution >= 4 is 27.0 Å². The van der Waals surface area contributed by atoms with E-state index in [1.807, 2.05) is 0 Å². The number of nitrogens with zero attached hydrogens (tertiary/aromatic N) is 2. The number of hydrogen-bond acceptors (Lipinski definition) is 7. The van der Waals surface area contributed by atoms with Crippen LogP contribution in [0, 0.1) is 11.9 Å². The van der Waals surface area contributed by atoms with Gasteiger partial charge in [0, 0.05) is 12.2 Å². The summed E-state index contributed by atoms with van der Waals surface area (Å²) in [4.78, 5) is 21.5. The van der Waals surface area contributed by atoms with E-state index in [4.69, 9.17) is 4.74 Å². The molecule has 0 N–H and O–H groups in total. The first-order valence-electron chi connectivity index (χ1n) is 10.8. The molecule has 0 bridgehead atoms. The standard InChI is InChI=1S/C24H25FN2O4S2/c1-33(29,30)19-9-6-17(7-10-19)20(12-16-4-2-3-5-16)21(28)13-23-27-15-24(32-23)31-18-8-11-22(25)26-14-18/h6-11,14-16,20H,2-5,12-13H2,1H3/t20-/m1/s1. The zero-order chi connectivity index (χ0) is 23.4. The van der Waals surface area contributed by atoms with Gasteiger partial charge in [-0.15, -0.1) is 0 Å². The molecular formula is C24H25FN2O4S2. The van der Waals surface area contributed by atoms with Crippen molar-refractivity contribution in [2.24, 2.45) is 5.92 Å². The maximum atomic E-state index is 13.3. The van der Waals surface area contributed by atoms with Gasteiger partial charge >= 0.3 is 0 Å². The van der Waals surface area contributed by atoms with E-state index < -0.39 is 15.8 Å². The van der Waals surface area contributed by atoms with Crippen LogP contribution in [0.15, 0.2) is 53.7 Å². The molecule has 0 saturated heterocycles. The van der Waals surface area contributed by atoms with E-state index in [1.54, 1.807) is 30.5 Å². The summed E-state index contributed by atoms with van der Waals surface area (Å²) in [6.07, 6.45) is 9.54. The molecule has 1 atom stereocenters. The zero-order valence-electron chi connectivity index (χ0n) is 18.2. The number of ketones is 1. The molecule has 0 amide bonds. The number of carbonyl (C=O) groups excluding carboxylic acids is 1. The van der Waals surface area contributed by atoms with Gasteiger partial charge in [0.25, 0.3) is 0 Å². The number of halogens is 1. The van der Waals surface area contributed by atoms with Crippen LogP contribution in [-0.2, 0) is 21.1 Å². The van der Waals surface area contributed by atoms with E-state index in [9.17, 15) is 17.6 Å². The second kappa shape index (κ2) is 10.1. The number of benzene rings is 1. The molecular weight excluding hydrogens is 463 g/mol. The molecule has 174 valence electrons. The first-order valence-corrected chi connectivity index (χ1v) is 13.6. The summed E-state index contributed by atoms with van der Waals surface area (Å²) in [5.74, 6) is 0.0446. The fourth-order valence-electron chi connectivity index (χ4n) is 4.21. The third kappa shape index (κ3) is 6.23. The number of pyridine rings is 1. The van der Waals surface area contributed by atoms with Gasteiger partial charge in [0.1, 0.15) is 16.5 Å². The van der Waals surface area contributed by atoms with Crippen LogP contribution in [-0.4, -0.2) is 30.4 Å². The molecule has 0 aliphatic heterocycles. The van der Waals surface area contributed by atoms with Crippen LogP contribution in [0.25, 0.3) is 0 Å². The lowest BCUT2D eigenvalue weighted by Crippen LogP contribution is -2.18. The number of Topliss-reactive ketones (excluding diaryl/α,β-unsaturated/α-hetero) is 1. The van der Waals surface area contributed by atoms with Gasteiger partial charge in [0.05, 0.1) is 23.7 Å². The molecule has 0 unspecified atom stereocenters. The number of sulfone groups is 1. The van der Waals surface area contributed by atoms with E-state index in [-0.39, 0.29) is 23.0 Å². The van der Waals surface area contributed by atoms with Crippen molar-refractivity contribution in [3.05, 3.63) is 65.3 Å². The Morgan fingerprint density at radius 1 is 1.12 bits per heavy atom. The van der Waals surface area contributed by atoms with Gasteiger partial charge in [-0.25, -0.2) is 18.4 Å². The van der Waals surface area contributed by atoms with Crippen LogP contribution in [0.2, 0.25) is 0 Å². The summed E-state index contributed by atoms with van der Waals surface area (Å²) in [6, 6.07) is 9.35. The molecule has 1 aliphatic rings. The minimum atomic E-state index is -3.29. The van der Waals surface area contributed by atoms with Crippen molar-refractivity contribution in [3.63, 3.8) is 0 Å². The Kier molecular flexibility index (Phi) is 7.19. The molecule has 4 rings (SSSR count). The molecule has 1 fully saturated rings. The second-order valence-electron chi connectivity index (χ2n) is 8.41. The molecule has 2 aromatic heterocycles. The minimum Gasteiger partial charge on any atom is -0.443 e. The summed E-state index contributed by atoms with van der Waals surface area (Å²) >= 11 is 1.27. The van der Waals surface area contributed by atoms with Crippen molar-refractivity contribution in [3.8, 4) is 10.8 Å². The first-order chi connectivity index (χ1) is 15.8. The van der Waals surface area contributed by atoms with Crippen LogP contribution < -0.4 is 4.74 Å². The van der Waals surface area contributed by atoms with E-state index in [1.165, 1.54) is 48.8 Å². The van der Waals surface area contributed by atoms with Crippen LogP contribution in [0.4, 0.5) is 4.39 Å². The fourth-order valence-corrected chi connectivity index (χ4v) is 5.64. The van der Waals surface area contributed by atoms with E-state index in [0.717, 1.165) is 24.8 Å². The van der Waals surface area contributed by atoms with Crippen molar-refractivity contribution in [2.45, 2.75) is 49.3 Å². The molecule has 0 radical (unpaired) electrons. The summed E-state index contributed by atoms with van der Waals surface area (Å²) in [6.45, 7) is 0. The molecule has 6 nitrogen and oxygen atoms in total. The number of carbonyl (C=O) groups is 1. The molecule has 1 aromatic carbocycles. The number of rotatable bonds is 9. The second-order valence-corrected chi connectivity index (χ2v) is 11.5. The largest absolute Gasteiger partial charge is 0.443 e. The first kappa shape index (κ1) is 23.5. The zero-order valence-corrected chi connectivity index (χ0v) is 19.9. The van der Waals surface area contributed by atoms with Crippen molar-refractivity contribution in [2.75, 3.05) is 6.26 Å². The van der Waals surface area contributed by atoms with E-state index in [2.05, 4.69) is 9.97 Å². The summed E-state index contributed by atoms with van der Waals surface area (Å²) in [5, 5.41) is 1.13. The van der Waals surface area contributed by atoms with Gasteiger partial charge < -0.3 is 4.74 Å². The normalized spacial score (nSPS) is 15.5. The maximum absolute atomic E-state index is 13.3. The Bertz CT molecular complexity index is 1200. The highest BCUT2D eigenvalue weighted by molar-refractivity contribution is 7.90. The average Bonchev–Trinajstić information content (AvgIpc) is 3.45. The van der Waals surface area contributed by atoms with Gasteiger partial charge in [-0.2, -0.15) is 4.39 Å². The lowest BCUT2D eigenvalue weighted by atomic mass is 9.84. The highest BCUT2D eigenvalue weighted by Crippen LogP contribution is 2.36. The number of hydrogen-bond donors (Lipinski definition) is 0. The SMILES string of the molecule is CS(=O)(=O)c1ccc([C@@H](CC2CCCC2)C(=O)Cc2ncc(Oc3ccc(F)nc3)s2)cc1. The molecule has 1 aliphatic carbocycles. The van der Waals surface area contributed by atoms with Crippen LogP contribution >= 0.6 is 11.3 Å². The van der Waals surface area contributed by atoms with Crippen LogP contribution in [0.5, 0.6) is 10.8 Å². The third-order valence-corrected chi connectivity index (χ3v) is 7.92. The monoisotopic (exact) mass is 488 g/mol. The number of aromatic nitrogens is 2. The van der Waals surface area contributed by atoms with E-state index in [0.29, 0.717) is 21.7 Å². The smallest absolute Gasteiger partial charge is 0.213 e. The fraction of sp³-hybridized carbons (Fsp3) is 0.375. The Balaban J connectivity index is 1.49. The third-order valence-electron chi connectivity index (χ3n) is 5.92. The summed E-state index contributed by atoms with van der Waals surface area (Å²) in [5.41, 5.74) is 0.838. The minimum absolute atomic E-state index is 0.0540. The molecule has 9 heteroatoms. The summed E-state index contributed by atoms with van der Waals surface area (Å²) < 4.78 is 42.2. The maximum Gasteiger partial charge on any atom is 0.213 e. The van der Waals surface area contributed by atoms with Gasteiger partial charge in [0.15, 0.2) is 9.84 Å². The van der Waals surface area contributed by atoms with Crippen LogP contribution in [0.1, 0.15) is 48.6 Å². The quantitative estimate of drug-likeness (QED) is 0.378. The van der Waals surface area contributed by atoms with Crippen LogP contribution in [0.3, 0.4) is 0 Å². The molecule has 3 aromatic rings. The van der Waals surface area contributed by atoms with Gasteiger partial charge in [0.2, 0.25) is 11.0 Å². The lowest BCUT2D eigenvalue weighted by Gasteiger charge is -2.20. The highest BCUT2D eigenvalue weighted by atomic mass is 32.2. The molecule has 1 saturated carbocycles. The molecule has 33 heavy (non-hydrogen) atoms. The van der Waals surface area contributed by atoms with Crippen molar-refractivity contribution < 1.29 is 22.3 Å². The number of ether oxygens (including phenoxy) is 1. The predicted molar refractivity (Wildman–Crippen MR) is 124 cm³/mol.